The van der Waals surface area contributed by atoms with E-state index in [0.717, 1.165) is 0 Å². The second-order valence-corrected chi connectivity index (χ2v) is 1.36. The maximum Gasteiger partial charge on any atom is 1.00 e. The Bertz CT molecular complexity index is 175. The molecule has 1 aliphatic rings. The molecule has 0 aromatic rings. The smallest absolute Gasteiger partial charge is 0.373 e. The van der Waals surface area contributed by atoms with Crippen molar-refractivity contribution in [2.45, 2.75) is 0 Å². The number of nitrogens with one attached hydrogen (secondary N) is 1. The molecule has 0 aliphatic carbocycles. The van der Waals surface area contributed by atoms with Crippen molar-refractivity contribution in [3.05, 3.63) is 52.7 Å². The van der Waals surface area contributed by atoms with E-state index < -0.39 is 0 Å². The van der Waals surface area contributed by atoms with Crippen LogP contribution >= 0.6 is 0 Å². The third-order valence-corrected chi connectivity index (χ3v) is 0.718. The van der Waals surface area contributed by atoms with Crippen molar-refractivity contribution in [2.24, 2.45) is 0 Å². The van der Waals surface area contributed by atoms with Crippen LogP contribution in [-0.2, 0) is 0 Å². The average molecular weight is 158 g/mol. The van der Waals surface area contributed by atoms with Gasteiger partial charge in [-0.3, -0.25) is 4.91 Å². The molecule has 1 aliphatic heterocycles. The van der Waals surface area contributed by atoms with Gasteiger partial charge in [0, 0.05) is 12.4 Å². The number of allylic oxidation sites excluding steroid dienone is 4. The van der Waals surface area contributed by atoms with E-state index in [1.165, 1.54) is 4.91 Å². The first-order valence-electron chi connectivity index (χ1n) is 2.64. The van der Waals surface area contributed by atoms with E-state index >= 15 is 0 Å². The van der Waals surface area contributed by atoms with E-state index in [1.807, 2.05) is 36.7 Å². The summed E-state index contributed by atoms with van der Waals surface area (Å²) >= 11 is 0. The molecule has 1 N–H and O–H groups in total. The zero-order chi connectivity index (χ0) is 7.66. The Hall–Kier alpha value is -0.670. The second-order valence-electron chi connectivity index (χ2n) is 1.36. The van der Waals surface area contributed by atoms with Gasteiger partial charge in [0.1, 0.15) is 0 Å². The van der Waals surface area contributed by atoms with Gasteiger partial charge in [0.2, 0.25) is 0 Å². The molecule has 0 radical (unpaired) electrons. The molecular weight excluding hydrogens is 151 g/mol. The van der Waals surface area contributed by atoms with Crippen LogP contribution < -0.4 is 34.9 Å². The van der Waals surface area contributed by atoms with Crippen LogP contribution in [0.25, 0.3) is 16.0 Å². The van der Waals surface area contributed by atoms with Crippen LogP contribution in [-0.4, -0.2) is 0 Å². The maximum atomic E-state index is 6.75. The third-order valence-electron chi connectivity index (χ3n) is 0.718. The first kappa shape index (κ1) is 13.0. The van der Waals surface area contributed by atoms with E-state index in [2.05, 4.69) is 5.32 Å². The summed E-state index contributed by atoms with van der Waals surface area (Å²) < 4.78 is 0. The van der Waals surface area contributed by atoms with Crippen LogP contribution in [0.2, 0.25) is 0 Å². The molecule has 52 valence electrons. The van der Waals surface area contributed by atoms with Gasteiger partial charge in [-0.05, 0) is 12.2 Å². The molecule has 0 saturated heterocycles. The molecule has 1 rings (SSSR count). The van der Waals surface area contributed by atoms with E-state index in [0.29, 0.717) is 0 Å². The van der Waals surface area contributed by atoms with Crippen LogP contribution in [0.15, 0.2) is 36.7 Å². The minimum atomic E-state index is 0. The van der Waals surface area contributed by atoms with Crippen molar-refractivity contribution in [1.82, 2.24) is 5.32 Å². The first-order chi connectivity index (χ1) is 4.91. The Morgan fingerprint density at radius 2 is 1.27 bits per heavy atom. The summed E-state index contributed by atoms with van der Waals surface area (Å²) in [6, 6.07) is 0. The summed E-state index contributed by atoms with van der Waals surface area (Å²) in [6.07, 6.45) is 11.6. The van der Waals surface area contributed by atoms with Crippen LogP contribution in [0.1, 0.15) is 0 Å². The summed E-state index contributed by atoms with van der Waals surface area (Å²) in [5.41, 5.74) is 13.5. The molecule has 0 saturated carbocycles. The molecule has 11 heavy (non-hydrogen) atoms. The summed E-state index contributed by atoms with van der Waals surface area (Å²) in [4.78, 5) is 1.50. The molecule has 0 unspecified atom stereocenters. The van der Waals surface area contributed by atoms with E-state index in [4.69, 9.17) is 11.1 Å². The quantitative estimate of drug-likeness (QED) is 0.210. The van der Waals surface area contributed by atoms with Gasteiger partial charge in [-0.15, -0.1) is 0 Å². The predicted octanol–water partition coefficient (Wildman–Crippen LogP) is -0.957. The Labute approximate surface area is 87.4 Å². The van der Waals surface area contributed by atoms with Gasteiger partial charge in [0.15, 0.2) is 0 Å². The Morgan fingerprint density at radius 1 is 0.909 bits per heavy atom. The predicted molar refractivity (Wildman–Crippen MR) is 40.6 cm³/mol. The van der Waals surface area contributed by atoms with Crippen LogP contribution in [0.5, 0.6) is 0 Å². The molecule has 0 fully saturated rings. The molecule has 0 bridgehead atoms. The van der Waals surface area contributed by atoms with Crippen molar-refractivity contribution in [1.29, 1.82) is 0 Å². The number of nitrogens with zero attached hydrogens (tertiary/aromatic N) is 3. The fourth-order valence-electron chi connectivity index (χ4n) is 0.406. The van der Waals surface area contributed by atoms with E-state index in [-0.39, 0.29) is 29.6 Å². The van der Waals surface area contributed by atoms with Gasteiger partial charge in [-0.1, -0.05) is 12.2 Å². The second kappa shape index (κ2) is 12.0. The summed E-state index contributed by atoms with van der Waals surface area (Å²) in [5.74, 6) is 0. The van der Waals surface area contributed by atoms with Gasteiger partial charge in [0.05, 0.1) is 0 Å². The monoisotopic (exact) mass is 158 g/mol. The van der Waals surface area contributed by atoms with Crippen LogP contribution in [0, 0.1) is 0 Å². The zero-order valence-corrected chi connectivity index (χ0v) is 8.31. The average Bonchev–Trinajstić information content (AvgIpc) is 2.17. The van der Waals surface area contributed by atoms with Gasteiger partial charge in [0.25, 0.3) is 0 Å². The SMILES string of the molecule is C1=CC=CNC=C1.[N-]=[N+]=[N-].[Na+]. The van der Waals surface area contributed by atoms with Crippen molar-refractivity contribution < 1.29 is 29.6 Å². The molecular formula is C6H7N4Na. The fourth-order valence-corrected chi connectivity index (χ4v) is 0.406. The molecule has 0 spiro atoms. The maximum absolute atomic E-state index is 6.75. The van der Waals surface area contributed by atoms with E-state index in [9.17, 15) is 0 Å². The normalized spacial score (nSPS) is 10.9. The minimum absolute atomic E-state index is 0. The van der Waals surface area contributed by atoms with Crippen molar-refractivity contribution in [3.8, 4) is 0 Å². The molecule has 0 amide bonds. The third kappa shape index (κ3) is 12.5. The Morgan fingerprint density at radius 3 is 1.64 bits per heavy atom. The summed E-state index contributed by atoms with van der Waals surface area (Å²) in [7, 11) is 0. The van der Waals surface area contributed by atoms with Gasteiger partial charge >= 0.3 is 29.6 Å². The molecule has 0 aromatic carbocycles. The summed E-state index contributed by atoms with van der Waals surface area (Å²) in [6.45, 7) is 0. The van der Waals surface area contributed by atoms with E-state index in [1.54, 1.807) is 0 Å². The number of hydrogen-bond acceptors (Lipinski definition) is 1. The van der Waals surface area contributed by atoms with Crippen molar-refractivity contribution in [2.75, 3.05) is 0 Å². The Kier molecular flexibility index (Phi) is 14.2. The zero-order valence-electron chi connectivity index (χ0n) is 6.31. The topological polar surface area (TPSA) is 70.7 Å². The van der Waals surface area contributed by atoms with Crippen molar-refractivity contribution >= 4 is 0 Å². The van der Waals surface area contributed by atoms with Crippen molar-refractivity contribution in [3.63, 3.8) is 0 Å². The molecule has 5 heteroatoms. The van der Waals surface area contributed by atoms with Gasteiger partial charge in [-0.2, -0.15) is 0 Å². The number of rotatable bonds is 0. The standard InChI is InChI=1S/C6H7N.N3.Na/c1-2-4-6-7-5-3-1;1-3-2;/h1-7H;;/q;-1;+1. The largest absolute Gasteiger partial charge is 1.00 e. The molecule has 1 heterocycles. The van der Waals surface area contributed by atoms with Crippen LogP contribution in [0.4, 0.5) is 0 Å². The summed E-state index contributed by atoms with van der Waals surface area (Å²) in [5, 5.41) is 2.92. The first-order valence-corrected chi connectivity index (χ1v) is 2.64. The molecule has 0 aromatic heterocycles. The van der Waals surface area contributed by atoms with Crippen LogP contribution in [0.3, 0.4) is 0 Å². The fraction of sp³-hybridized carbons (Fsp3) is 0. The Balaban J connectivity index is 0. The minimum Gasteiger partial charge on any atom is -0.373 e. The van der Waals surface area contributed by atoms with Gasteiger partial charge in [-0.25, -0.2) is 0 Å². The number of hydrogen-bond donors (Lipinski definition) is 1. The van der Waals surface area contributed by atoms with Gasteiger partial charge < -0.3 is 16.4 Å². The molecule has 4 nitrogen and oxygen atoms in total. The molecule has 0 atom stereocenters.